The lowest BCUT2D eigenvalue weighted by Gasteiger charge is -2.31. The van der Waals surface area contributed by atoms with Gasteiger partial charge in [-0.05, 0) is 72.9 Å². The predicted octanol–water partition coefficient (Wildman–Crippen LogP) is 6.02. The van der Waals surface area contributed by atoms with Crippen LogP contribution in [0.25, 0.3) is 11.0 Å². The molecule has 31 heavy (non-hydrogen) atoms. The largest absolute Gasteiger partial charge is 0.444 e. The van der Waals surface area contributed by atoms with Gasteiger partial charge in [-0.15, -0.1) is 0 Å². The molecule has 1 aliphatic rings. The first-order valence-electron chi connectivity index (χ1n) is 10.7. The first kappa shape index (κ1) is 23.4. The highest BCUT2D eigenvalue weighted by molar-refractivity contribution is 6.35. The number of nitrogens with zero attached hydrogens (tertiary/aromatic N) is 2. The molecule has 0 bridgehead atoms. The molecule has 1 amide bonds. The van der Waals surface area contributed by atoms with Crippen molar-refractivity contribution >= 4 is 34.8 Å². The van der Waals surface area contributed by atoms with Gasteiger partial charge in [-0.25, -0.2) is 19.1 Å². The Bertz CT molecular complexity index is 972. The molecule has 0 radical (unpaired) electrons. The lowest BCUT2D eigenvalue weighted by atomic mass is 9.83. The molecule has 1 saturated carbocycles. The van der Waals surface area contributed by atoms with E-state index in [0.29, 0.717) is 22.5 Å². The van der Waals surface area contributed by atoms with Gasteiger partial charge in [0.15, 0.2) is 5.65 Å². The number of hydrogen-bond donors (Lipinski definition) is 1. The van der Waals surface area contributed by atoms with Crippen molar-refractivity contribution < 1.29 is 19.1 Å². The van der Waals surface area contributed by atoms with E-state index in [4.69, 9.17) is 21.1 Å². The first-order valence-corrected chi connectivity index (χ1v) is 11.1. The lowest BCUT2D eigenvalue weighted by molar-refractivity contribution is 0.0480. The van der Waals surface area contributed by atoms with Gasteiger partial charge in [-0.3, -0.25) is 0 Å². The van der Waals surface area contributed by atoms with Crippen molar-refractivity contribution in [3.8, 4) is 0 Å². The van der Waals surface area contributed by atoms with E-state index < -0.39 is 23.4 Å². The maximum Gasteiger partial charge on any atom is 0.420 e. The third-order valence-corrected chi connectivity index (χ3v) is 5.40. The molecule has 2 atom stereocenters. The SMILES string of the molecule is CC(C)(C)OC(=O)NC1CCCC(c2cc3c(Cl)ccnc3n2C(=O)OC(C)(C)C)C1. The molecule has 170 valence electrons. The molecule has 0 spiro atoms. The highest BCUT2D eigenvalue weighted by Gasteiger charge is 2.32. The molecule has 1 N–H and O–H groups in total. The summed E-state index contributed by atoms with van der Waals surface area (Å²) in [5.41, 5.74) is 0.0974. The van der Waals surface area contributed by atoms with Crippen molar-refractivity contribution in [2.75, 3.05) is 0 Å². The van der Waals surface area contributed by atoms with Gasteiger partial charge < -0.3 is 14.8 Å². The summed E-state index contributed by atoms with van der Waals surface area (Å²) in [6, 6.07) is 3.60. The standard InChI is InChI=1S/C23H32ClN3O4/c1-22(2,3)30-20(28)26-15-9-7-8-14(12-15)18-13-16-17(24)10-11-25-19(16)27(18)21(29)31-23(4,5)6/h10-11,13-15H,7-9,12H2,1-6H3,(H,26,28). The Morgan fingerprint density at radius 3 is 2.45 bits per heavy atom. The molecule has 2 aromatic heterocycles. The van der Waals surface area contributed by atoms with Crippen LogP contribution in [0.2, 0.25) is 5.02 Å². The van der Waals surface area contributed by atoms with Crippen LogP contribution in [0.1, 0.15) is 78.8 Å². The maximum absolute atomic E-state index is 13.1. The van der Waals surface area contributed by atoms with Crippen molar-refractivity contribution in [1.82, 2.24) is 14.9 Å². The van der Waals surface area contributed by atoms with Crippen molar-refractivity contribution in [1.29, 1.82) is 0 Å². The molecule has 1 aliphatic carbocycles. The summed E-state index contributed by atoms with van der Waals surface area (Å²) in [7, 11) is 0. The molecule has 2 unspecified atom stereocenters. The zero-order valence-electron chi connectivity index (χ0n) is 19.1. The number of aromatic nitrogens is 2. The fourth-order valence-corrected chi connectivity index (χ4v) is 4.14. The second-order valence-corrected chi connectivity index (χ2v) is 10.5. The van der Waals surface area contributed by atoms with E-state index in [2.05, 4.69) is 10.3 Å². The van der Waals surface area contributed by atoms with Gasteiger partial charge in [0, 0.05) is 29.2 Å². The Morgan fingerprint density at radius 2 is 1.81 bits per heavy atom. The third kappa shape index (κ3) is 5.91. The number of halogens is 1. The smallest absolute Gasteiger partial charge is 0.420 e. The van der Waals surface area contributed by atoms with Crippen LogP contribution in [-0.2, 0) is 9.47 Å². The Morgan fingerprint density at radius 1 is 1.13 bits per heavy atom. The number of ether oxygens (including phenoxy) is 2. The van der Waals surface area contributed by atoms with Gasteiger partial charge in [-0.2, -0.15) is 0 Å². The summed E-state index contributed by atoms with van der Waals surface area (Å²) in [6.07, 6.45) is 4.05. The molecule has 3 rings (SSSR count). The predicted molar refractivity (Wildman–Crippen MR) is 121 cm³/mol. The molecule has 0 aliphatic heterocycles. The quantitative estimate of drug-likeness (QED) is 0.605. The van der Waals surface area contributed by atoms with E-state index in [1.807, 2.05) is 47.6 Å². The molecule has 0 saturated heterocycles. The van der Waals surface area contributed by atoms with Crippen LogP contribution in [0.5, 0.6) is 0 Å². The number of carbonyl (C=O) groups is 2. The number of carbonyl (C=O) groups excluding carboxylic acids is 2. The molecule has 2 heterocycles. The van der Waals surface area contributed by atoms with Crippen molar-refractivity contribution in [2.45, 2.75) is 90.4 Å². The van der Waals surface area contributed by atoms with Crippen LogP contribution in [0, 0.1) is 0 Å². The third-order valence-electron chi connectivity index (χ3n) is 5.07. The number of nitrogens with one attached hydrogen (secondary N) is 1. The van der Waals surface area contributed by atoms with E-state index >= 15 is 0 Å². The average Bonchev–Trinajstić information content (AvgIpc) is 3.00. The summed E-state index contributed by atoms with van der Waals surface area (Å²) in [5, 5.41) is 4.23. The average molecular weight is 450 g/mol. The zero-order valence-corrected chi connectivity index (χ0v) is 19.9. The number of rotatable bonds is 2. The lowest BCUT2D eigenvalue weighted by Crippen LogP contribution is -2.41. The molecule has 1 fully saturated rings. The Balaban J connectivity index is 1.90. The Kier molecular flexibility index (Phi) is 6.56. The summed E-state index contributed by atoms with van der Waals surface area (Å²) in [4.78, 5) is 29.7. The van der Waals surface area contributed by atoms with Crippen LogP contribution >= 0.6 is 11.6 Å². The molecule has 2 aromatic rings. The monoisotopic (exact) mass is 449 g/mol. The van der Waals surface area contributed by atoms with Crippen LogP contribution < -0.4 is 5.32 Å². The molecule has 8 heteroatoms. The van der Waals surface area contributed by atoms with Gasteiger partial charge in [0.1, 0.15) is 11.2 Å². The molecular weight excluding hydrogens is 418 g/mol. The highest BCUT2D eigenvalue weighted by Crippen LogP contribution is 2.37. The van der Waals surface area contributed by atoms with Gasteiger partial charge in [0.25, 0.3) is 0 Å². The van der Waals surface area contributed by atoms with Gasteiger partial charge in [-0.1, -0.05) is 18.0 Å². The van der Waals surface area contributed by atoms with Crippen LogP contribution in [0.3, 0.4) is 0 Å². The minimum atomic E-state index is -0.642. The van der Waals surface area contributed by atoms with Crippen molar-refractivity contribution in [2.24, 2.45) is 0 Å². The topological polar surface area (TPSA) is 82.5 Å². The normalized spacial score (nSPS) is 19.8. The number of fused-ring (bicyclic) bond motifs is 1. The fraction of sp³-hybridized carbons (Fsp3) is 0.609. The van der Waals surface area contributed by atoms with Crippen molar-refractivity contribution in [3.63, 3.8) is 0 Å². The first-order chi connectivity index (χ1) is 14.3. The number of pyridine rings is 1. The second-order valence-electron chi connectivity index (χ2n) is 10.1. The van der Waals surface area contributed by atoms with E-state index in [1.165, 1.54) is 4.57 Å². The minimum absolute atomic E-state index is 0.0397. The summed E-state index contributed by atoms with van der Waals surface area (Å²) >= 11 is 6.40. The second kappa shape index (κ2) is 8.69. The summed E-state index contributed by atoms with van der Waals surface area (Å²) in [5.74, 6) is 0.0477. The van der Waals surface area contributed by atoms with Gasteiger partial charge in [0.05, 0.1) is 5.02 Å². The number of alkyl carbamates (subject to hydrolysis) is 1. The molecule has 7 nitrogen and oxygen atoms in total. The van der Waals surface area contributed by atoms with Gasteiger partial charge >= 0.3 is 12.2 Å². The van der Waals surface area contributed by atoms with E-state index in [-0.39, 0.29) is 12.0 Å². The molecule has 0 aromatic carbocycles. The van der Waals surface area contributed by atoms with Gasteiger partial charge in [0.2, 0.25) is 0 Å². The van der Waals surface area contributed by atoms with E-state index in [9.17, 15) is 9.59 Å². The summed E-state index contributed by atoms with van der Waals surface area (Å²) in [6.45, 7) is 11.0. The van der Waals surface area contributed by atoms with E-state index in [1.54, 1.807) is 12.3 Å². The fourth-order valence-electron chi connectivity index (χ4n) is 3.95. The molecular formula is C23H32ClN3O4. The van der Waals surface area contributed by atoms with Crippen LogP contribution in [0.4, 0.5) is 9.59 Å². The van der Waals surface area contributed by atoms with E-state index in [0.717, 1.165) is 25.0 Å². The van der Waals surface area contributed by atoms with Crippen molar-refractivity contribution in [3.05, 3.63) is 29.0 Å². The highest BCUT2D eigenvalue weighted by atomic mass is 35.5. The van der Waals surface area contributed by atoms with Crippen LogP contribution in [-0.4, -0.2) is 39.0 Å². The maximum atomic E-state index is 13.1. The van der Waals surface area contributed by atoms with Crippen LogP contribution in [0.15, 0.2) is 18.3 Å². The number of hydrogen-bond acceptors (Lipinski definition) is 5. The Labute approximate surface area is 188 Å². The number of amides is 1. The summed E-state index contributed by atoms with van der Waals surface area (Å²) < 4.78 is 12.6. The zero-order chi connectivity index (χ0) is 23.0. The Hall–Kier alpha value is -2.28. The minimum Gasteiger partial charge on any atom is -0.444 e.